The van der Waals surface area contributed by atoms with Gasteiger partial charge in [0.25, 0.3) is 0 Å². The number of nitrogens with zero attached hydrogens (tertiary/aromatic N) is 3. The van der Waals surface area contributed by atoms with Gasteiger partial charge in [0.15, 0.2) is 5.76 Å². The zero-order chi connectivity index (χ0) is 16.9. The molecule has 0 saturated carbocycles. The Morgan fingerprint density at radius 2 is 2.21 bits per heavy atom. The minimum atomic E-state index is -0.398. The highest BCUT2D eigenvalue weighted by molar-refractivity contribution is 14.1. The molecule has 0 aliphatic carbocycles. The van der Waals surface area contributed by atoms with Crippen LogP contribution in [-0.2, 0) is 6.54 Å². The Kier molecular flexibility index (Phi) is 5.46. The number of nitrogens with one attached hydrogen (secondary N) is 1. The predicted molar refractivity (Wildman–Crippen MR) is 102 cm³/mol. The third-order valence-corrected chi connectivity index (χ3v) is 4.47. The number of furan rings is 1. The van der Waals surface area contributed by atoms with Crippen LogP contribution >= 0.6 is 38.5 Å². The van der Waals surface area contributed by atoms with Crippen LogP contribution in [-0.4, -0.2) is 21.9 Å². The molecule has 3 rings (SSSR count). The van der Waals surface area contributed by atoms with Crippen molar-refractivity contribution in [3.8, 4) is 0 Å². The molecular weight excluding hydrogens is 487 g/mol. The van der Waals surface area contributed by atoms with E-state index in [0.717, 1.165) is 13.6 Å². The predicted octanol–water partition coefficient (Wildman–Crippen LogP) is 3.66. The van der Waals surface area contributed by atoms with Crippen LogP contribution in [0.3, 0.4) is 0 Å². The fourth-order valence-electron chi connectivity index (χ4n) is 1.96. The van der Waals surface area contributed by atoms with Crippen molar-refractivity contribution in [1.82, 2.24) is 15.2 Å². The molecule has 0 saturated heterocycles. The number of halogens is 2. The molecule has 0 spiro atoms. The molecular formula is C16H12BrIN4O2. The fraction of sp³-hybridized carbons (Fsp3) is 0.0625. The van der Waals surface area contributed by atoms with E-state index in [9.17, 15) is 4.79 Å². The van der Waals surface area contributed by atoms with Gasteiger partial charge in [0.05, 0.1) is 23.4 Å². The second-order valence-electron chi connectivity index (χ2n) is 4.84. The van der Waals surface area contributed by atoms with Crippen LogP contribution in [0.25, 0.3) is 0 Å². The molecule has 0 atom stereocenters. The lowest BCUT2D eigenvalue weighted by Crippen LogP contribution is -2.16. The first kappa shape index (κ1) is 16.9. The molecule has 2 aromatic heterocycles. The first-order valence-corrected chi connectivity index (χ1v) is 8.83. The number of aromatic nitrogens is 2. The fourth-order valence-corrected chi connectivity index (χ4v) is 2.82. The quantitative estimate of drug-likeness (QED) is 0.331. The number of benzene rings is 1. The lowest BCUT2D eigenvalue weighted by molar-refractivity contribution is 0.0925. The highest BCUT2D eigenvalue weighted by Crippen LogP contribution is 2.12. The lowest BCUT2D eigenvalue weighted by atomic mass is 10.2. The van der Waals surface area contributed by atoms with Gasteiger partial charge in [-0.15, -0.1) is 0 Å². The minimum Gasteiger partial charge on any atom is -0.454 e. The van der Waals surface area contributed by atoms with Crippen molar-refractivity contribution in [2.75, 3.05) is 0 Å². The summed E-state index contributed by atoms with van der Waals surface area (Å²) in [5.41, 5.74) is 3.39. The van der Waals surface area contributed by atoms with Crippen LogP contribution < -0.4 is 5.43 Å². The van der Waals surface area contributed by atoms with Gasteiger partial charge in [-0.05, 0) is 56.7 Å². The Balaban J connectivity index is 1.60. The molecule has 1 amide bonds. The van der Waals surface area contributed by atoms with Crippen molar-refractivity contribution in [2.24, 2.45) is 5.10 Å². The summed E-state index contributed by atoms with van der Waals surface area (Å²) in [6, 6.07) is 11.1. The summed E-state index contributed by atoms with van der Waals surface area (Å²) in [6.45, 7) is 0.449. The van der Waals surface area contributed by atoms with E-state index < -0.39 is 5.91 Å². The van der Waals surface area contributed by atoms with Crippen LogP contribution in [0.15, 0.2) is 62.8 Å². The zero-order valence-corrected chi connectivity index (χ0v) is 16.1. The molecule has 0 fully saturated rings. The van der Waals surface area contributed by atoms with E-state index in [4.69, 9.17) is 4.42 Å². The maximum Gasteiger partial charge on any atom is 0.307 e. The summed E-state index contributed by atoms with van der Waals surface area (Å²) in [4.78, 5) is 12.0. The average Bonchev–Trinajstić information content (AvgIpc) is 3.19. The molecule has 0 aliphatic rings. The van der Waals surface area contributed by atoms with E-state index in [1.807, 2.05) is 30.5 Å². The van der Waals surface area contributed by atoms with Crippen LogP contribution in [0.2, 0.25) is 0 Å². The van der Waals surface area contributed by atoms with Crippen molar-refractivity contribution in [1.29, 1.82) is 0 Å². The maximum absolute atomic E-state index is 12.0. The van der Waals surface area contributed by atoms with Crippen molar-refractivity contribution in [3.63, 3.8) is 0 Å². The smallest absolute Gasteiger partial charge is 0.307 e. The lowest BCUT2D eigenvalue weighted by Gasteiger charge is -1.99. The van der Waals surface area contributed by atoms with Crippen LogP contribution in [0.4, 0.5) is 0 Å². The summed E-state index contributed by atoms with van der Waals surface area (Å²) >= 11 is 5.54. The SMILES string of the molecule is O=C(NN=Cc1ccccc1I)c1ccc(Cn2cc(Br)cn2)o1. The van der Waals surface area contributed by atoms with E-state index >= 15 is 0 Å². The molecule has 0 unspecified atom stereocenters. The first-order chi connectivity index (χ1) is 11.6. The van der Waals surface area contributed by atoms with E-state index in [2.05, 4.69) is 54.1 Å². The minimum absolute atomic E-state index is 0.205. The number of amides is 1. The van der Waals surface area contributed by atoms with Gasteiger partial charge in [0, 0.05) is 15.3 Å². The van der Waals surface area contributed by atoms with Crippen LogP contribution in [0.5, 0.6) is 0 Å². The largest absolute Gasteiger partial charge is 0.454 e. The van der Waals surface area contributed by atoms with Gasteiger partial charge in [0.1, 0.15) is 5.76 Å². The number of carbonyl (C=O) groups excluding carboxylic acids is 1. The van der Waals surface area contributed by atoms with E-state index in [0.29, 0.717) is 12.3 Å². The topological polar surface area (TPSA) is 72.4 Å². The molecule has 0 aliphatic heterocycles. The van der Waals surface area contributed by atoms with Gasteiger partial charge >= 0.3 is 5.91 Å². The zero-order valence-electron chi connectivity index (χ0n) is 12.3. The summed E-state index contributed by atoms with van der Waals surface area (Å²) in [5, 5.41) is 8.10. The van der Waals surface area contributed by atoms with E-state index in [1.54, 1.807) is 29.2 Å². The molecule has 3 aromatic rings. The second-order valence-corrected chi connectivity index (χ2v) is 6.92. The van der Waals surface area contributed by atoms with Crippen molar-refractivity contribution >= 4 is 50.6 Å². The standard InChI is InChI=1S/C16H12BrIN4O2/c17-12-8-20-22(9-12)10-13-5-6-15(24-13)16(23)21-19-7-11-3-1-2-4-14(11)18/h1-9H,10H2,(H,21,23). The van der Waals surface area contributed by atoms with Crippen molar-refractivity contribution in [3.05, 3.63) is 73.9 Å². The normalized spacial score (nSPS) is 11.1. The molecule has 2 heterocycles. The Labute approximate surface area is 160 Å². The van der Waals surface area contributed by atoms with Crippen LogP contribution in [0, 0.1) is 3.57 Å². The highest BCUT2D eigenvalue weighted by Gasteiger charge is 2.11. The Hall–Kier alpha value is -1.94. The van der Waals surface area contributed by atoms with Gasteiger partial charge in [-0.2, -0.15) is 10.2 Å². The molecule has 1 N–H and O–H groups in total. The van der Waals surface area contributed by atoms with E-state index in [1.165, 1.54) is 0 Å². The number of carbonyl (C=O) groups is 1. The maximum atomic E-state index is 12.0. The van der Waals surface area contributed by atoms with Crippen molar-refractivity contribution < 1.29 is 9.21 Å². The van der Waals surface area contributed by atoms with Crippen LogP contribution in [0.1, 0.15) is 21.9 Å². The average molecular weight is 499 g/mol. The highest BCUT2D eigenvalue weighted by atomic mass is 127. The van der Waals surface area contributed by atoms with Gasteiger partial charge in [0.2, 0.25) is 0 Å². The molecule has 1 aromatic carbocycles. The van der Waals surface area contributed by atoms with Gasteiger partial charge in [-0.1, -0.05) is 18.2 Å². The van der Waals surface area contributed by atoms with Gasteiger partial charge in [-0.3, -0.25) is 9.48 Å². The summed E-state index contributed by atoms with van der Waals surface area (Å²) in [7, 11) is 0. The third kappa shape index (κ3) is 4.32. The Morgan fingerprint density at radius 3 is 2.96 bits per heavy atom. The summed E-state index contributed by atoms with van der Waals surface area (Å²) in [6.07, 6.45) is 5.12. The molecule has 0 bridgehead atoms. The van der Waals surface area contributed by atoms with Gasteiger partial charge in [-0.25, -0.2) is 5.43 Å². The van der Waals surface area contributed by atoms with Crippen molar-refractivity contribution in [2.45, 2.75) is 6.54 Å². The molecule has 24 heavy (non-hydrogen) atoms. The number of hydrogen-bond donors (Lipinski definition) is 1. The summed E-state index contributed by atoms with van der Waals surface area (Å²) in [5.74, 6) is 0.443. The Morgan fingerprint density at radius 1 is 1.38 bits per heavy atom. The summed E-state index contributed by atoms with van der Waals surface area (Å²) < 4.78 is 9.17. The molecule has 8 heteroatoms. The van der Waals surface area contributed by atoms with Gasteiger partial charge < -0.3 is 4.42 Å². The molecule has 6 nitrogen and oxygen atoms in total. The number of rotatable bonds is 5. The Bertz CT molecular complexity index is 888. The first-order valence-electron chi connectivity index (χ1n) is 6.96. The van der Waals surface area contributed by atoms with E-state index in [-0.39, 0.29) is 5.76 Å². The second kappa shape index (κ2) is 7.75. The molecule has 122 valence electrons. The number of hydrazone groups is 1. The monoisotopic (exact) mass is 498 g/mol. The third-order valence-electron chi connectivity index (χ3n) is 3.08. The molecule has 0 radical (unpaired) electrons. The number of hydrogen-bond acceptors (Lipinski definition) is 4.